The number of nitrogens with zero attached hydrogens (tertiary/aromatic N) is 2. The molecule has 3 heterocycles. The Kier molecular flexibility index (Phi) is 6.91. The number of hydrogen-bond donors (Lipinski definition) is 0. The number of thiophene rings is 1. The highest BCUT2D eigenvalue weighted by Gasteiger charge is 2.21. The normalized spacial score (nSPS) is 12.7. The van der Waals surface area contributed by atoms with Crippen molar-refractivity contribution in [3.05, 3.63) is 157 Å². The molecular formula is C50H42N2S. The van der Waals surface area contributed by atoms with Crippen molar-refractivity contribution in [2.75, 3.05) is 0 Å². The molecule has 0 fully saturated rings. The maximum absolute atomic E-state index is 2.47. The first-order valence-corrected chi connectivity index (χ1v) is 19.5. The van der Waals surface area contributed by atoms with E-state index in [0.29, 0.717) is 0 Å². The summed E-state index contributed by atoms with van der Waals surface area (Å²) in [5.41, 5.74) is 12.7. The lowest BCUT2D eigenvalue weighted by atomic mass is 9.85. The molecular weight excluding hydrogens is 661 g/mol. The van der Waals surface area contributed by atoms with Crippen LogP contribution in [0.25, 0.3) is 86.3 Å². The molecule has 0 bridgehead atoms. The Hall–Kier alpha value is -5.64. The average molecular weight is 703 g/mol. The van der Waals surface area contributed by atoms with Gasteiger partial charge < -0.3 is 9.13 Å². The van der Waals surface area contributed by atoms with Gasteiger partial charge in [0.25, 0.3) is 0 Å². The molecule has 3 aromatic heterocycles. The van der Waals surface area contributed by atoms with Crippen LogP contribution in [0.5, 0.6) is 0 Å². The molecule has 0 saturated heterocycles. The Balaban J connectivity index is 1.07. The van der Waals surface area contributed by atoms with Crippen molar-refractivity contribution in [3.63, 3.8) is 0 Å². The molecule has 7 aromatic carbocycles. The standard InChI is InChI=1S/C50H42N2S/c1-49(2,3)33-19-27-44-41(29-33)42-30-34(50(4,5)6)20-28-45(42)51(44)35-21-15-31(16-22-35)32-17-23-36(24-18-32)52-43-13-9-7-11-37(43)39-25-26-40-38-12-8-10-14-46(38)53-48(40)47(39)52/h7-30H,1-6H3. The summed E-state index contributed by atoms with van der Waals surface area (Å²) in [6.07, 6.45) is 0. The van der Waals surface area contributed by atoms with Gasteiger partial charge in [0.2, 0.25) is 0 Å². The maximum atomic E-state index is 2.47. The summed E-state index contributed by atoms with van der Waals surface area (Å²) in [6.45, 7) is 13.8. The van der Waals surface area contributed by atoms with Gasteiger partial charge >= 0.3 is 0 Å². The third kappa shape index (κ3) is 4.98. The van der Waals surface area contributed by atoms with Crippen molar-refractivity contribution in [2.24, 2.45) is 0 Å². The minimum Gasteiger partial charge on any atom is -0.309 e. The number of fused-ring (bicyclic) bond motifs is 10. The van der Waals surface area contributed by atoms with E-state index in [1.807, 2.05) is 11.3 Å². The molecule has 0 saturated carbocycles. The quantitative estimate of drug-likeness (QED) is 0.173. The van der Waals surface area contributed by atoms with Crippen molar-refractivity contribution in [2.45, 2.75) is 52.4 Å². The van der Waals surface area contributed by atoms with Crippen LogP contribution >= 0.6 is 11.3 Å². The highest BCUT2D eigenvalue weighted by molar-refractivity contribution is 7.26. The van der Waals surface area contributed by atoms with E-state index in [-0.39, 0.29) is 10.8 Å². The monoisotopic (exact) mass is 702 g/mol. The summed E-state index contributed by atoms with van der Waals surface area (Å²) >= 11 is 1.90. The summed E-state index contributed by atoms with van der Waals surface area (Å²) in [5, 5.41) is 7.87. The Morgan fingerprint density at radius 1 is 0.396 bits per heavy atom. The first-order chi connectivity index (χ1) is 25.5. The zero-order valence-electron chi connectivity index (χ0n) is 31.2. The fourth-order valence-corrected chi connectivity index (χ4v) is 9.58. The second-order valence-electron chi connectivity index (χ2n) is 16.7. The number of hydrogen-bond acceptors (Lipinski definition) is 1. The van der Waals surface area contributed by atoms with Crippen LogP contribution in [0.3, 0.4) is 0 Å². The molecule has 0 atom stereocenters. The van der Waals surface area contributed by atoms with Crippen LogP contribution < -0.4 is 0 Å². The first-order valence-electron chi connectivity index (χ1n) is 18.7. The number of benzene rings is 7. The lowest BCUT2D eigenvalue weighted by molar-refractivity contribution is 0.590. The predicted octanol–water partition coefficient (Wildman–Crippen LogP) is 14.5. The smallest absolute Gasteiger partial charge is 0.0719 e. The minimum atomic E-state index is 0.0772. The second kappa shape index (κ2) is 11.4. The average Bonchev–Trinajstić information content (AvgIpc) is 3.81. The van der Waals surface area contributed by atoms with E-state index in [4.69, 9.17) is 0 Å². The Morgan fingerprint density at radius 3 is 1.47 bits per heavy atom. The van der Waals surface area contributed by atoms with Gasteiger partial charge in [0, 0.05) is 48.4 Å². The molecule has 0 aliphatic rings. The summed E-state index contributed by atoms with van der Waals surface area (Å²) in [6, 6.07) is 54.5. The van der Waals surface area contributed by atoms with Crippen LogP contribution in [0.1, 0.15) is 52.7 Å². The van der Waals surface area contributed by atoms with Crippen LogP contribution in [0.4, 0.5) is 0 Å². The maximum Gasteiger partial charge on any atom is 0.0719 e. The van der Waals surface area contributed by atoms with Crippen molar-refractivity contribution >= 4 is 75.1 Å². The van der Waals surface area contributed by atoms with E-state index < -0.39 is 0 Å². The SMILES string of the molecule is CC(C)(C)c1ccc2c(c1)c1cc(C(C)(C)C)ccc1n2-c1ccc(-c2ccc(-n3c4ccccc4c4ccc5c6ccccc6sc5c43)cc2)cc1. The fourth-order valence-electron chi connectivity index (χ4n) is 8.34. The fraction of sp³-hybridized carbons (Fsp3) is 0.160. The Bertz CT molecular complexity index is 2970. The van der Waals surface area contributed by atoms with Gasteiger partial charge in [-0.1, -0.05) is 126 Å². The van der Waals surface area contributed by atoms with Gasteiger partial charge in [-0.3, -0.25) is 0 Å². The summed E-state index contributed by atoms with van der Waals surface area (Å²) in [5.74, 6) is 0. The van der Waals surface area contributed by atoms with Gasteiger partial charge in [-0.25, -0.2) is 0 Å². The van der Waals surface area contributed by atoms with Gasteiger partial charge in [-0.05, 0) is 93.7 Å². The molecule has 2 nitrogen and oxygen atoms in total. The van der Waals surface area contributed by atoms with Crippen LogP contribution in [-0.4, -0.2) is 9.13 Å². The molecule has 0 unspecified atom stereocenters. The van der Waals surface area contributed by atoms with Gasteiger partial charge in [-0.2, -0.15) is 0 Å². The Morgan fingerprint density at radius 2 is 0.887 bits per heavy atom. The molecule has 0 N–H and O–H groups in total. The molecule has 0 aliphatic heterocycles. The molecule has 258 valence electrons. The molecule has 53 heavy (non-hydrogen) atoms. The Labute approximate surface area is 314 Å². The van der Waals surface area contributed by atoms with E-state index in [2.05, 4.69) is 196 Å². The van der Waals surface area contributed by atoms with Gasteiger partial charge in [-0.15, -0.1) is 11.3 Å². The molecule has 0 radical (unpaired) electrons. The van der Waals surface area contributed by atoms with E-state index in [0.717, 1.165) is 0 Å². The molecule has 3 heteroatoms. The van der Waals surface area contributed by atoms with E-state index in [9.17, 15) is 0 Å². The third-order valence-electron chi connectivity index (χ3n) is 11.3. The van der Waals surface area contributed by atoms with E-state index >= 15 is 0 Å². The minimum absolute atomic E-state index is 0.0772. The zero-order chi connectivity index (χ0) is 36.2. The van der Waals surface area contributed by atoms with Crippen LogP contribution in [0.2, 0.25) is 0 Å². The highest BCUT2D eigenvalue weighted by atomic mass is 32.1. The van der Waals surface area contributed by atoms with Crippen LogP contribution in [0.15, 0.2) is 146 Å². The number of rotatable bonds is 3. The zero-order valence-corrected chi connectivity index (χ0v) is 32.0. The van der Waals surface area contributed by atoms with Crippen molar-refractivity contribution in [1.29, 1.82) is 0 Å². The lowest BCUT2D eigenvalue weighted by Crippen LogP contribution is -2.10. The number of para-hydroxylation sites is 1. The van der Waals surface area contributed by atoms with Crippen LogP contribution in [0, 0.1) is 0 Å². The first kappa shape index (κ1) is 32.0. The number of aromatic nitrogens is 2. The van der Waals surface area contributed by atoms with Crippen molar-refractivity contribution in [1.82, 2.24) is 9.13 Å². The van der Waals surface area contributed by atoms with E-state index in [1.54, 1.807) is 0 Å². The van der Waals surface area contributed by atoms with Gasteiger partial charge in [0.05, 0.1) is 26.8 Å². The third-order valence-corrected chi connectivity index (χ3v) is 12.5. The highest BCUT2D eigenvalue weighted by Crippen LogP contribution is 2.43. The molecule has 0 aliphatic carbocycles. The van der Waals surface area contributed by atoms with Gasteiger partial charge in [0.15, 0.2) is 0 Å². The molecule has 10 rings (SSSR count). The topological polar surface area (TPSA) is 9.86 Å². The largest absolute Gasteiger partial charge is 0.309 e. The molecule has 10 aromatic rings. The predicted molar refractivity (Wildman–Crippen MR) is 231 cm³/mol. The van der Waals surface area contributed by atoms with Crippen LogP contribution in [-0.2, 0) is 10.8 Å². The summed E-state index contributed by atoms with van der Waals surface area (Å²) < 4.78 is 7.57. The molecule has 0 amide bonds. The summed E-state index contributed by atoms with van der Waals surface area (Å²) in [4.78, 5) is 0. The van der Waals surface area contributed by atoms with Crippen molar-refractivity contribution < 1.29 is 0 Å². The van der Waals surface area contributed by atoms with Gasteiger partial charge in [0.1, 0.15) is 0 Å². The second-order valence-corrected chi connectivity index (χ2v) is 17.7. The van der Waals surface area contributed by atoms with E-state index in [1.165, 1.54) is 97.4 Å². The molecule has 0 spiro atoms. The van der Waals surface area contributed by atoms with Crippen molar-refractivity contribution in [3.8, 4) is 22.5 Å². The lowest BCUT2D eigenvalue weighted by Gasteiger charge is -2.19. The summed E-state index contributed by atoms with van der Waals surface area (Å²) in [7, 11) is 0.